The highest BCUT2D eigenvalue weighted by molar-refractivity contribution is 6.34. The van der Waals surface area contributed by atoms with Gasteiger partial charge in [0.15, 0.2) is 0 Å². The molecule has 0 spiro atoms. The lowest BCUT2D eigenvalue weighted by Gasteiger charge is -2.33. The van der Waals surface area contributed by atoms with Gasteiger partial charge in [-0.3, -0.25) is 0 Å². The summed E-state index contributed by atoms with van der Waals surface area (Å²) in [6, 6.07) is 13.3. The lowest BCUT2D eigenvalue weighted by Crippen LogP contribution is -2.44. The first-order chi connectivity index (χ1) is 13.3. The van der Waals surface area contributed by atoms with E-state index in [0.29, 0.717) is 0 Å². The molecule has 0 amide bonds. The van der Waals surface area contributed by atoms with Gasteiger partial charge in [0, 0.05) is 41.2 Å². The van der Waals surface area contributed by atoms with E-state index in [1.165, 1.54) is 18.2 Å². The van der Waals surface area contributed by atoms with Crippen molar-refractivity contribution in [1.82, 2.24) is 9.78 Å². The summed E-state index contributed by atoms with van der Waals surface area (Å²) >= 11 is 12.0. The maximum Gasteiger partial charge on any atom is 0.400 e. The molecule has 1 aliphatic rings. The topological polar surface area (TPSA) is 21.1 Å². The predicted molar refractivity (Wildman–Crippen MR) is 105 cm³/mol. The first-order valence-corrected chi connectivity index (χ1v) is 9.42. The molecule has 3 nitrogen and oxygen atoms in total. The van der Waals surface area contributed by atoms with E-state index in [1.807, 2.05) is 36.5 Å². The van der Waals surface area contributed by atoms with E-state index >= 15 is 0 Å². The van der Waals surface area contributed by atoms with Gasteiger partial charge in [0.1, 0.15) is 5.41 Å². The zero-order valence-electron chi connectivity index (χ0n) is 14.6. The molecule has 2 heterocycles. The first-order valence-electron chi connectivity index (χ1n) is 8.67. The van der Waals surface area contributed by atoms with Crippen LogP contribution in [0.1, 0.15) is 12.0 Å². The van der Waals surface area contributed by atoms with Crippen LogP contribution in [0.3, 0.4) is 0 Å². The van der Waals surface area contributed by atoms with E-state index in [1.54, 1.807) is 15.8 Å². The van der Waals surface area contributed by atoms with Crippen LogP contribution in [0.25, 0.3) is 5.69 Å². The maximum atomic E-state index is 14.2. The van der Waals surface area contributed by atoms with Gasteiger partial charge in [-0.15, -0.1) is 0 Å². The lowest BCUT2D eigenvalue weighted by molar-refractivity contribution is -0.184. The van der Waals surface area contributed by atoms with E-state index in [4.69, 9.17) is 23.2 Å². The average Bonchev–Trinajstić information content (AvgIpc) is 3.31. The van der Waals surface area contributed by atoms with Crippen LogP contribution in [0.2, 0.25) is 10.0 Å². The van der Waals surface area contributed by atoms with Crippen LogP contribution >= 0.6 is 23.2 Å². The van der Waals surface area contributed by atoms with Crippen molar-refractivity contribution in [2.45, 2.75) is 18.0 Å². The molecule has 8 heteroatoms. The van der Waals surface area contributed by atoms with Gasteiger partial charge in [-0.1, -0.05) is 23.2 Å². The van der Waals surface area contributed by atoms with Gasteiger partial charge in [0.25, 0.3) is 0 Å². The zero-order chi connectivity index (χ0) is 19.9. The minimum absolute atomic E-state index is 0.0614. The van der Waals surface area contributed by atoms with E-state index in [-0.39, 0.29) is 35.1 Å². The molecule has 1 atom stereocenters. The Bertz CT molecular complexity index is 951. The summed E-state index contributed by atoms with van der Waals surface area (Å²) in [4.78, 5) is 1.75. The largest absolute Gasteiger partial charge is 0.400 e. The second kappa shape index (κ2) is 7.01. The van der Waals surface area contributed by atoms with E-state index in [0.717, 1.165) is 11.4 Å². The Hall–Kier alpha value is -2.18. The highest BCUT2D eigenvalue weighted by atomic mass is 35.5. The summed E-state index contributed by atoms with van der Waals surface area (Å²) in [6.07, 6.45) is -1.01. The summed E-state index contributed by atoms with van der Waals surface area (Å²) < 4.78 is 44.2. The van der Waals surface area contributed by atoms with E-state index in [9.17, 15) is 13.2 Å². The number of benzene rings is 2. The molecular formula is C20H16Cl2F3N3. The fourth-order valence-electron chi connectivity index (χ4n) is 3.73. The van der Waals surface area contributed by atoms with Crippen LogP contribution in [-0.4, -0.2) is 29.0 Å². The monoisotopic (exact) mass is 425 g/mol. The molecule has 0 aliphatic carbocycles. The third-order valence-electron chi connectivity index (χ3n) is 5.21. The van der Waals surface area contributed by atoms with Gasteiger partial charge < -0.3 is 4.90 Å². The summed E-state index contributed by atoms with van der Waals surface area (Å²) in [5, 5.41) is 4.56. The Labute approximate surface area is 170 Å². The SMILES string of the molecule is FC(F)(F)C1(c2cc(Cl)cc(Cl)c2)CCN(c2ccc(-n3cccn3)cc2)C1. The summed E-state index contributed by atoms with van der Waals surface area (Å²) in [7, 11) is 0. The highest BCUT2D eigenvalue weighted by Crippen LogP contribution is 2.49. The van der Waals surface area contributed by atoms with Crippen molar-refractivity contribution in [2.24, 2.45) is 0 Å². The average molecular weight is 426 g/mol. The summed E-state index contributed by atoms with van der Waals surface area (Å²) in [6.45, 7) is 0.0963. The number of aromatic nitrogens is 2. The van der Waals surface area contributed by atoms with Crippen LogP contribution in [0, 0.1) is 0 Å². The van der Waals surface area contributed by atoms with Crippen molar-refractivity contribution >= 4 is 28.9 Å². The van der Waals surface area contributed by atoms with Crippen LogP contribution in [-0.2, 0) is 5.41 Å². The Morgan fingerprint density at radius 1 is 0.964 bits per heavy atom. The van der Waals surface area contributed by atoms with Gasteiger partial charge in [0.05, 0.1) is 5.69 Å². The quantitative estimate of drug-likeness (QED) is 0.521. The number of anilines is 1. The second-order valence-electron chi connectivity index (χ2n) is 6.88. The molecule has 3 aromatic rings. The van der Waals surface area contributed by atoms with Gasteiger partial charge >= 0.3 is 6.18 Å². The Morgan fingerprint density at radius 3 is 2.18 bits per heavy atom. The maximum absolute atomic E-state index is 14.2. The van der Waals surface area contributed by atoms with Crippen molar-refractivity contribution in [3.8, 4) is 5.69 Å². The number of halogens is 5. The van der Waals surface area contributed by atoms with Crippen molar-refractivity contribution in [3.63, 3.8) is 0 Å². The summed E-state index contributed by atoms with van der Waals surface area (Å²) in [5.74, 6) is 0. The molecule has 0 N–H and O–H groups in total. The fraction of sp³-hybridized carbons (Fsp3) is 0.250. The molecule has 0 bridgehead atoms. The highest BCUT2D eigenvalue weighted by Gasteiger charge is 2.59. The number of hydrogen-bond donors (Lipinski definition) is 0. The molecule has 28 heavy (non-hydrogen) atoms. The predicted octanol–water partition coefficient (Wildman–Crippen LogP) is 5.89. The Balaban J connectivity index is 1.66. The first kappa shape index (κ1) is 19.2. The summed E-state index contributed by atoms with van der Waals surface area (Å²) in [5.41, 5.74) is -0.331. The molecule has 0 saturated carbocycles. The lowest BCUT2D eigenvalue weighted by atomic mass is 9.79. The molecule has 2 aromatic carbocycles. The van der Waals surface area contributed by atoms with Crippen molar-refractivity contribution in [3.05, 3.63) is 76.5 Å². The molecule has 4 rings (SSSR count). The number of alkyl halides is 3. The number of rotatable bonds is 3. The van der Waals surface area contributed by atoms with E-state index in [2.05, 4.69) is 5.10 Å². The molecule has 1 fully saturated rings. The van der Waals surface area contributed by atoms with Crippen LogP contribution in [0.5, 0.6) is 0 Å². The van der Waals surface area contributed by atoms with Crippen molar-refractivity contribution < 1.29 is 13.2 Å². The normalized spacial score (nSPS) is 20.0. The minimum atomic E-state index is -4.43. The second-order valence-corrected chi connectivity index (χ2v) is 7.75. The van der Waals surface area contributed by atoms with Crippen molar-refractivity contribution in [1.29, 1.82) is 0 Å². The third kappa shape index (κ3) is 3.35. The molecule has 0 radical (unpaired) electrons. The number of hydrogen-bond acceptors (Lipinski definition) is 2. The molecule has 1 aromatic heterocycles. The van der Waals surface area contributed by atoms with Crippen LogP contribution < -0.4 is 4.90 Å². The molecule has 1 aliphatic heterocycles. The van der Waals surface area contributed by atoms with E-state index < -0.39 is 11.6 Å². The molecule has 1 unspecified atom stereocenters. The minimum Gasteiger partial charge on any atom is -0.370 e. The van der Waals surface area contributed by atoms with Gasteiger partial charge in [-0.25, -0.2) is 4.68 Å². The smallest absolute Gasteiger partial charge is 0.370 e. The van der Waals surface area contributed by atoms with Gasteiger partial charge in [-0.05, 0) is 60.5 Å². The van der Waals surface area contributed by atoms with Crippen LogP contribution in [0.4, 0.5) is 18.9 Å². The van der Waals surface area contributed by atoms with Crippen molar-refractivity contribution in [2.75, 3.05) is 18.0 Å². The molecule has 146 valence electrons. The fourth-order valence-corrected chi connectivity index (χ4v) is 4.25. The Kier molecular flexibility index (Phi) is 4.79. The number of nitrogens with zero attached hydrogens (tertiary/aromatic N) is 3. The van der Waals surface area contributed by atoms with Gasteiger partial charge in [0.2, 0.25) is 0 Å². The van der Waals surface area contributed by atoms with Gasteiger partial charge in [-0.2, -0.15) is 18.3 Å². The molecule has 1 saturated heterocycles. The Morgan fingerprint density at radius 2 is 1.61 bits per heavy atom. The standard InChI is InChI=1S/C20H16Cl2F3N3/c21-15-10-14(11-16(22)12-15)19(20(23,24)25)6-9-27(13-19)17-2-4-18(5-3-17)28-8-1-7-26-28/h1-5,7-8,10-12H,6,9,13H2. The molecular weight excluding hydrogens is 410 g/mol. The zero-order valence-corrected chi connectivity index (χ0v) is 16.1. The third-order valence-corrected chi connectivity index (χ3v) is 5.65. The van der Waals surface area contributed by atoms with Crippen LogP contribution in [0.15, 0.2) is 60.9 Å².